The molecule has 2 aromatic rings. The molecule has 0 bridgehead atoms. The molecule has 0 aliphatic rings. The van der Waals surface area contributed by atoms with Crippen LogP contribution in [0.5, 0.6) is 11.5 Å². The third-order valence-electron chi connectivity index (χ3n) is 3.42. The third kappa shape index (κ3) is 3.70. The molecule has 0 fully saturated rings. The Morgan fingerprint density at radius 3 is 2.00 bits per heavy atom. The second-order valence-corrected chi connectivity index (χ2v) is 4.89. The third-order valence-corrected chi connectivity index (χ3v) is 3.42. The molecule has 2 rings (SSSR count). The molecule has 0 saturated carbocycles. The Morgan fingerprint density at radius 1 is 1.04 bits per heavy atom. The van der Waals surface area contributed by atoms with Crippen LogP contribution in [0.3, 0.4) is 0 Å². The van der Waals surface area contributed by atoms with Gasteiger partial charge in [0.15, 0.2) is 17.3 Å². The van der Waals surface area contributed by atoms with Crippen molar-refractivity contribution in [2.24, 2.45) is 0 Å². The lowest BCUT2D eigenvalue weighted by atomic mass is 10.00. The molecule has 25 heavy (non-hydrogen) atoms. The average Bonchev–Trinajstić information content (AvgIpc) is 2.59. The summed E-state index contributed by atoms with van der Waals surface area (Å²) in [6, 6.07) is 5.55. The summed E-state index contributed by atoms with van der Waals surface area (Å²) in [6.07, 6.45) is -4.54. The highest BCUT2D eigenvalue weighted by Gasteiger charge is 2.31. The molecule has 2 aromatic carbocycles. The molecule has 0 unspecified atom stereocenters. The Kier molecular flexibility index (Phi) is 4.96. The number of ether oxygens (including phenoxy) is 2. The minimum Gasteiger partial charge on any atom is -0.493 e. The number of rotatable bonds is 5. The fraction of sp³-hybridized carbons (Fsp3) is 0.188. The van der Waals surface area contributed by atoms with Gasteiger partial charge in [0.1, 0.15) is 5.56 Å². The van der Waals surface area contributed by atoms with Crippen LogP contribution in [0.2, 0.25) is 0 Å². The van der Waals surface area contributed by atoms with Crippen molar-refractivity contribution in [1.82, 2.24) is 0 Å². The van der Waals surface area contributed by atoms with Gasteiger partial charge in [0, 0.05) is 11.6 Å². The zero-order chi connectivity index (χ0) is 18.8. The van der Waals surface area contributed by atoms with Crippen LogP contribution in [0.1, 0.15) is 21.5 Å². The topological polar surface area (TPSA) is 78.7 Å². The van der Waals surface area contributed by atoms with E-state index in [0.717, 1.165) is 36.4 Å². The van der Waals surface area contributed by atoms with Crippen LogP contribution >= 0.6 is 0 Å². The van der Waals surface area contributed by atoms with Crippen LogP contribution in [0.25, 0.3) is 0 Å². The number of benzene rings is 2. The fourth-order valence-electron chi connectivity index (χ4n) is 2.17. The monoisotopic (exact) mass is 355 g/mol. The number of nitrogens with zero attached hydrogens (tertiary/aromatic N) is 1. The summed E-state index contributed by atoms with van der Waals surface area (Å²) in [7, 11) is 2.56. The zero-order valence-electron chi connectivity index (χ0n) is 13.1. The maximum absolute atomic E-state index is 12.6. The lowest BCUT2D eigenvalue weighted by molar-refractivity contribution is -0.385. The van der Waals surface area contributed by atoms with Gasteiger partial charge in [-0.3, -0.25) is 14.9 Å². The minimum atomic E-state index is -4.54. The number of nitro groups is 1. The van der Waals surface area contributed by atoms with Gasteiger partial charge in [-0.2, -0.15) is 13.2 Å². The molecule has 9 heteroatoms. The summed E-state index contributed by atoms with van der Waals surface area (Å²) in [5, 5.41) is 11.2. The first kappa shape index (κ1) is 18.2. The standard InChI is InChI=1S/C16H12F3NO5/c1-24-13-7-11(12(20(22)23)8-14(13)25-2)15(21)9-3-5-10(6-4-9)16(17,18)19/h3-8H,1-2H3. The SMILES string of the molecule is COc1cc(C(=O)c2ccc(C(F)(F)F)cc2)c([N+](=O)[O-])cc1OC. The summed E-state index contributed by atoms with van der Waals surface area (Å²) in [5.41, 5.74) is -1.90. The summed E-state index contributed by atoms with van der Waals surface area (Å²) in [5.74, 6) is -0.664. The van der Waals surface area contributed by atoms with E-state index in [1.165, 1.54) is 14.2 Å². The highest BCUT2D eigenvalue weighted by Crippen LogP contribution is 2.36. The Bertz CT molecular complexity index is 816. The van der Waals surface area contributed by atoms with Crippen molar-refractivity contribution in [1.29, 1.82) is 0 Å². The summed E-state index contributed by atoms with van der Waals surface area (Å²) in [6.45, 7) is 0. The van der Waals surface area contributed by atoms with Crippen LogP contribution in [0.15, 0.2) is 36.4 Å². The maximum Gasteiger partial charge on any atom is 0.416 e. The van der Waals surface area contributed by atoms with Crippen molar-refractivity contribution in [3.63, 3.8) is 0 Å². The molecule has 0 spiro atoms. The highest BCUT2D eigenvalue weighted by molar-refractivity contribution is 6.12. The first-order chi connectivity index (χ1) is 11.7. The van der Waals surface area contributed by atoms with E-state index in [9.17, 15) is 28.1 Å². The normalized spacial score (nSPS) is 11.1. The van der Waals surface area contributed by atoms with Gasteiger partial charge in [-0.05, 0) is 12.1 Å². The summed E-state index contributed by atoms with van der Waals surface area (Å²) in [4.78, 5) is 23.0. The molecule has 0 aromatic heterocycles. The second kappa shape index (κ2) is 6.80. The lowest BCUT2D eigenvalue weighted by Gasteiger charge is -2.11. The minimum absolute atomic E-state index is 0.0539. The van der Waals surface area contributed by atoms with E-state index in [1.807, 2.05) is 0 Å². The van der Waals surface area contributed by atoms with E-state index in [-0.39, 0.29) is 22.6 Å². The van der Waals surface area contributed by atoms with Gasteiger partial charge < -0.3 is 9.47 Å². The molecule has 132 valence electrons. The van der Waals surface area contributed by atoms with Crippen molar-refractivity contribution in [2.75, 3.05) is 14.2 Å². The molecule has 0 saturated heterocycles. The number of hydrogen-bond donors (Lipinski definition) is 0. The van der Waals surface area contributed by atoms with Crippen LogP contribution in [0.4, 0.5) is 18.9 Å². The molecule has 0 heterocycles. The highest BCUT2D eigenvalue weighted by atomic mass is 19.4. The number of hydrogen-bond acceptors (Lipinski definition) is 5. The Morgan fingerprint density at radius 2 is 1.56 bits per heavy atom. The molecular weight excluding hydrogens is 343 g/mol. The summed E-state index contributed by atoms with van der Waals surface area (Å²) < 4.78 is 47.7. The van der Waals surface area contributed by atoms with Crippen molar-refractivity contribution < 1.29 is 32.4 Å². The van der Waals surface area contributed by atoms with E-state index in [4.69, 9.17) is 9.47 Å². The van der Waals surface area contributed by atoms with Crippen LogP contribution < -0.4 is 9.47 Å². The van der Waals surface area contributed by atoms with Crippen molar-refractivity contribution in [3.8, 4) is 11.5 Å². The average molecular weight is 355 g/mol. The molecule has 0 amide bonds. The van der Waals surface area contributed by atoms with Gasteiger partial charge in [0.25, 0.3) is 5.69 Å². The van der Waals surface area contributed by atoms with Crippen molar-refractivity contribution >= 4 is 11.5 Å². The quantitative estimate of drug-likeness (QED) is 0.462. The van der Waals surface area contributed by atoms with Crippen molar-refractivity contribution in [2.45, 2.75) is 6.18 Å². The van der Waals surface area contributed by atoms with Gasteiger partial charge in [0.05, 0.1) is 30.8 Å². The van der Waals surface area contributed by atoms with E-state index >= 15 is 0 Å². The molecule has 0 aliphatic carbocycles. The van der Waals surface area contributed by atoms with Gasteiger partial charge >= 0.3 is 6.18 Å². The number of nitro benzene ring substituents is 1. The van der Waals surface area contributed by atoms with Crippen molar-refractivity contribution in [3.05, 3.63) is 63.2 Å². The zero-order valence-corrected chi connectivity index (χ0v) is 13.1. The van der Waals surface area contributed by atoms with Crippen LogP contribution in [0, 0.1) is 10.1 Å². The van der Waals surface area contributed by atoms with E-state index in [2.05, 4.69) is 0 Å². The summed E-state index contributed by atoms with van der Waals surface area (Å²) >= 11 is 0. The molecule has 0 radical (unpaired) electrons. The number of ketones is 1. The van der Waals surface area contributed by atoms with E-state index in [0.29, 0.717) is 0 Å². The predicted octanol–water partition coefficient (Wildman–Crippen LogP) is 3.86. The first-order valence-electron chi connectivity index (χ1n) is 6.81. The number of carbonyl (C=O) groups excluding carboxylic acids is 1. The number of halogens is 3. The number of carbonyl (C=O) groups is 1. The Balaban J connectivity index is 2.53. The van der Waals surface area contributed by atoms with E-state index < -0.39 is 28.1 Å². The van der Waals surface area contributed by atoms with Gasteiger partial charge in [-0.25, -0.2) is 0 Å². The fourth-order valence-corrected chi connectivity index (χ4v) is 2.17. The molecule has 6 nitrogen and oxygen atoms in total. The smallest absolute Gasteiger partial charge is 0.416 e. The van der Waals surface area contributed by atoms with Crippen LogP contribution in [-0.4, -0.2) is 24.9 Å². The largest absolute Gasteiger partial charge is 0.493 e. The number of methoxy groups -OCH3 is 2. The molecule has 0 atom stereocenters. The van der Waals surface area contributed by atoms with Gasteiger partial charge in [-0.1, -0.05) is 12.1 Å². The van der Waals surface area contributed by atoms with E-state index in [1.54, 1.807) is 0 Å². The Labute approximate surface area is 139 Å². The molecular formula is C16H12F3NO5. The number of alkyl halides is 3. The predicted molar refractivity (Wildman–Crippen MR) is 81.1 cm³/mol. The molecule has 0 aliphatic heterocycles. The first-order valence-corrected chi connectivity index (χ1v) is 6.81. The van der Waals surface area contributed by atoms with Gasteiger partial charge in [0.2, 0.25) is 0 Å². The lowest BCUT2D eigenvalue weighted by Crippen LogP contribution is -2.09. The van der Waals surface area contributed by atoms with Crippen LogP contribution in [-0.2, 0) is 6.18 Å². The maximum atomic E-state index is 12.6. The second-order valence-electron chi connectivity index (χ2n) is 4.89. The molecule has 0 N–H and O–H groups in total. The van der Waals surface area contributed by atoms with Gasteiger partial charge in [-0.15, -0.1) is 0 Å². The Hall–Kier alpha value is -3.10.